The number of aliphatic hydroxyl groups excluding tert-OH is 2. The van der Waals surface area contributed by atoms with Crippen molar-refractivity contribution in [1.29, 1.82) is 0 Å². The van der Waals surface area contributed by atoms with Crippen molar-refractivity contribution >= 4 is 11.9 Å². The van der Waals surface area contributed by atoms with Crippen molar-refractivity contribution in [3.8, 4) is 0 Å². The fourth-order valence-corrected chi connectivity index (χ4v) is 2.09. The number of amides is 2. The lowest BCUT2D eigenvalue weighted by molar-refractivity contribution is -0.0242. The molecule has 116 valence electrons. The summed E-state index contributed by atoms with van der Waals surface area (Å²) >= 11 is 0. The molecule has 1 aromatic rings. The molecule has 1 aliphatic heterocycles. The van der Waals surface area contributed by atoms with Gasteiger partial charge in [-0.15, -0.1) is 6.58 Å². The smallest absolute Gasteiger partial charge is 0.331 e. The van der Waals surface area contributed by atoms with Gasteiger partial charge in [0.1, 0.15) is 0 Å². The van der Waals surface area contributed by atoms with Crippen LogP contribution in [-0.2, 0) is 5.41 Å². The monoisotopic (exact) mass is 295 g/mol. The molecule has 7 nitrogen and oxygen atoms in total. The number of nitrogens with zero attached hydrogens (tertiary/aromatic N) is 3. The molecule has 2 N–H and O–H groups in total. The van der Waals surface area contributed by atoms with E-state index in [0.717, 1.165) is 16.2 Å². The third-order valence-corrected chi connectivity index (χ3v) is 3.94. The molecule has 0 bridgehead atoms. The van der Waals surface area contributed by atoms with E-state index in [-0.39, 0.29) is 17.8 Å². The molecule has 2 rings (SSSR count). The summed E-state index contributed by atoms with van der Waals surface area (Å²) in [4.78, 5) is 14.3. The number of anilines is 1. The summed E-state index contributed by atoms with van der Waals surface area (Å²) < 4.78 is 5.18. The summed E-state index contributed by atoms with van der Waals surface area (Å²) in [5.41, 5.74) is 0.492. The summed E-state index contributed by atoms with van der Waals surface area (Å²) in [6.07, 6.45) is -0.407. The van der Waals surface area contributed by atoms with Crippen LogP contribution < -0.4 is 4.90 Å². The van der Waals surface area contributed by atoms with E-state index in [4.69, 9.17) is 4.52 Å². The molecule has 0 radical (unpaired) electrons. The fraction of sp³-hybridized carbons (Fsp3) is 0.571. The Balaban J connectivity index is 2.30. The molecular weight excluding hydrogens is 274 g/mol. The molecule has 2 unspecified atom stereocenters. The van der Waals surface area contributed by atoms with Crippen LogP contribution in [-0.4, -0.2) is 45.3 Å². The minimum absolute atomic E-state index is 0.120. The maximum absolute atomic E-state index is 12.2. The van der Waals surface area contributed by atoms with Crippen LogP contribution in [0.1, 0.15) is 32.9 Å². The highest BCUT2D eigenvalue weighted by atomic mass is 16.5. The summed E-state index contributed by atoms with van der Waals surface area (Å²) in [5.74, 6) is 0.120. The maximum atomic E-state index is 12.2. The minimum atomic E-state index is -1.40. The lowest BCUT2D eigenvalue weighted by Gasteiger charge is -2.18. The number of aliphatic hydroxyl groups is 2. The van der Waals surface area contributed by atoms with E-state index in [1.165, 1.54) is 6.08 Å². The molecule has 21 heavy (non-hydrogen) atoms. The standard InChI is InChI=1S/C14H21N3O4/c1-5-7-16-11(18)12(19)17(13(16)20)10-8-9(15-21-10)14(3,4)6-2/h5,8,11-12,18-19H,1,6-7H2,2-4H3. The predicted molar refractivity (Wildman–Crippen MR) is 76.6 cm³/mol. The normalized spacial score (nSPS) is 23.0. The van der Waals surface area contributed by atoms with Gasteiger partial charge in [-0.25, -0.2) is 9.69 Å². The summed E-state index contributed by atoms with van der Waals surface area (Å²) in [6.45, 7) is 9.70. The van der Waals surface area contributed by atoms with Gasteiger partial charge in [-0.3, -0.25) is 4.90 Å². The van der Waals surface area contributed by atoms with Crippen molar-refractivity contribution in [1.82, 2.24) is 10.1 Å². The van der Waals surface area contributed by atoms with Gasteiger partial charge in [0.2, 0.25) is 5.88 Å². The Kier molecular flexibility index (Phi) is 4.06. The zero-order valence-corrected chi connectivity index (χ0v) is 12.5. The molecule has 1 fully saturated rings. The van der Waals surface area contributed by atoms with Crippen LogP contribution in [0.25, 0.3) is 0 Å². The van der Waals surface area contributed by atoms with Crippen LogP contribution in [0, 0.1) is 0 Å². The molecule has 2 heterocycles. The Bertz CT molecular complexity index is 540. The first-order valence-corrected chi connectivity index (χ1v) is 6.87. The van der Waals surface area contributed by atoms with Crippen LogP contribution in [0.4, 0.5) is 10.7 Å². The summed E-state index contributed by atoms with van der Waals surface area (Å²) in [6, 6.07) is 1.07. The predicted octanol–water partition coefficient (Wildman–Crippen LogP) is 1.43. The molecule has 1 aliphatic rings. The van der Waals surface area contributed by atoms with Crippen LogP contribution in [0.15, 0.2) is 23.2 Å². The van der Waals surface area contributed by atoms with Gasteiger partial charge in [0, 0.05) is 18.0 Å². The van der Waals surface area contributed by atoms with Gasteiger partial charge in [0.25, 0.3) is 0 Å². The van der Waals surface area contributed by atoms with E-state index in [1.54, 1.807) is 6.07 Å². The Morgan fingerprint density at radius 1 is 1.48 bits per heavy atom. The number of hydrogen-bond donors (Lipinski definition) is 2. The quantitative estimate of drug-likeness (QED) is 0.802. The third kappa shape index (κ3) is 2.54. The highest BCUT2D eigenvalue weighted by Crippen LogP contribution is 2.32. The molecular formula is C14H21N3O4. The van der Waals surface area contributed by atoms with E-state index >= 15 is 0 Å². The van der Waals surface area contributed by atoms with E-state index in [2.05, 4.69) is 11.7 Å². The van der Waals surface area contributed by atoms with Gasteiger partial charge in [-0.05, 0) is 6.42 Å². The van der Waals surface area contributed by atoms with Crippen molar-refractivity contribution in [2.75, 3.05) is 11.4 Å². The Morgan fingerprint density at radius 3 is 2.71 bits per heavy atom. The number of rotatable bonds is 5. The summed E-state index contributed by atoms with van der Waals surface area (Å²) in [7, 11) is 0. The lowest BCUT2D eigenvalue weighted by atomic mass is 9.87. The second-order valence-electron chi connectivity index (χ2n) is 5.71. The number of aromatic nitrogens is 1. The van der Waals surface area contributed by atoms with Gasteiger partial charge in [-0.1, -0.05) is 32.0 Å². The van der Waals surface area contributed by atoms with Crippen LogP contribution >= 0.6 is 0 Å². The Hall–Kier alpha value is -1.86. The highest BCUT2D eigenvalue weighted by Gasteiger charge is 2.46. The van der Waals surface area contributed by atoms with Gasteiger partial charge < -0.3 is 14.7 Å². The van der Waals surface area contributed by atoms with E-state index in [1.807, 2.05) is 20.8 Å². The van der Waals surface area contributed by atoms with Gasteiger partial charge in [0.15, 0.2) is 12.5 Å². The molecule has 2 atom stereocenters. The van der Waals surface area contributed by atoms with E-state index < -0.39 is 18.5 Å². The average molecular weight is 295 g/mol. The van der Waals surface area contributed by atoms with Gasteiger partial charge in [0.05, 0.1) is 5.69 Å². The van der Waals surface area contributed by atoms with Crippen molar-refractivity contribution in [3.05, 3.63) is 24.4 Å². The molecule has 0 spiro atoms. The number of urea groups is 1. The first kappa shape index (κ1) is 15.5. The molecule has 0 aliphatic carbocycles. The molecule has 2 amide bonds. The topological polar surface area (TPSA) is 90.0 Å². The first-order chi connectivity index (χ1) is 9.83. The van der Waals surface area contributed by atoms with Crippen LogP contribution in [0.5, 0.6) is 0 Å². The van der Waals surface area contributed by atoms with Gasteiger partial charge >= 0.3 is 6.03 Å². The number of carbonyl (C=O) groups is 1. The first-order valence-electron chi connectivity index (χ1n) is 6.87. The summed E-state index contributed by atoms with van der Waals surface area (Å²) in [5, 5.41) is 23.9. The second-order valence-corrected chi connectivity index (χ2v) is 5.71. The molecule has 1 saturated heterocycles. The van der Waals surface area contributed by atoms with Crippen molar-refractivity contribution in [2.45, 2.75) is 45.1 Å². The van der Waals surface area contributed by atoms with Crippen molar-refractivity contribution < 1.29 is 19.5 Å². The highest BCUT2D eigenvalue weighted by molar-refractivity contribution is 5.93. The van der Waals surface area contributed by atoms with E-state index in [0.29, 0.717) is 5.69 Å². The maximum Gasteiger partial charge on any atom is 0.331 e. The fourth-order valence-electron chi connectivity index (χ4n) is 2.09. The Labute approximate surface area is 123 Å². The van der Waals surface area contributed by atoms with Crippen LogP contribution in [0.3, 0.4) is 0 Å². The third-order valence-electron chi connectivity index (χ3n) is 3.94. The van der Waals surface area contributed by atoms with Crippen LogP contribution in [0.2, 0.25) is 0 Å². The number of carbonyl (C=O) groups excluding carboxylic acids is 1. The SMILES string of the molecule is C=CCN1C(=O)N(c2cc(C(C)(C)CC)no2)C(O)C1O. The zero-order chi connectivity index (χ0) is 15.8. The molecule has 1 aromatic heterocycles. The molecule has 0 saturated carbocycles. The average Bonchev–Trinajstić information content (AvgIpc) is 3.00. The Morgan fingerprint density at radius 2 is 2.14 bits per heavy atom. The molecule has 7 heteroatoms. The largest absolute Gasteiger partial charge is 0.369 e. The second kappa shape index (κ2) is 5.50. The zero-order valence-electron chi connectivity index (χ0n) is 12.5. The van der Waals surface area contributed by atoms with E-state index in [9.17, 15) is 15.0 Å². The van der Waals surface area contributed by atoms with Crippen molar-refractivity contribution in [2.24, 2.45) is 0 Å². The van der Waals surface area contributed by atoms with Gasteiger partial charge in [-0.2, -0.15) is 0 Å². The minimum Gasteiger partial charge on any atom is -0.369 e. The molecule has 0 aromatic carbocycles. The number of hydrogen-bond acceptors (Lipinski definition) is 5. The van der Waals surface area contributed by atoms with Crippen molar-refractivity contribution in [3.63, 3.8) is 0 Å². The lowest BCUT2D eigenvalue weighted by Crippen LogP contribution is -2.36.